The molecule has 0 spiro atoms. The highest BCUT2D eigenvalue weighted by molar-refractivity contribution is 9.10. The van der Waals surface area contributed by atoms with Crippen LogP contribution in [0.5, 0.6) is 0 Å². The molecule has 20 heavy (non-hydrogen) atoms. The molecule has 0 saturated heterocycles. The number of Topliss-reactive ketones (excluding diaryl/α,β-unsaturated/α-hetero) is 1. The van der Waals surface area contributed by atoms with Crippen LogP contribution in [0.15, 0.2) is 59.1 Å². The van der Waals surface area contributed by atoms with Crippen molar-refractivity contribution >= 4 is 21.7 Å². The van der Waals surface area contributed by atoms with E-state index in [9.17, 15) is 4.79 Å². The minimum Gasteiger partial charge on any atom is -0.323 e. The first-order chi connectivity index (χ1) is 9.58. The quantitative estimate of drug-likeness (QED) is 0.902. The van der Waals surface area contributed by atoms with E-state index in [1.54, 1.807) is 0 Å². The number of ketones is 1. The number of carbonyl (C=O) groups excluding carboxylic acids is 1. The topological polar surface area (TPSA) is 43.1 Å². The Bertz CT molecular complexity index is 565. The van der Waals surface area contributed by atoms with Crippen LogP contribution in [0.2, 0.25) is 0 Å². The van der Waals surface area contributed by atoms with Crippen molar-refractivity contribution in [3.05, 3.63) is 70.2 Å². The third kappa shape index (κ3) is 3.78. The summed E-state index contributed by atoms with van der Waals surface area (Å²) in [7, 11) is 0. The third-order valence-corrected chi connectivity index (χ3v) is 4.05. The first kappa shape index (κ1) is 14.9. The van der Waals surface area contributed by atoms with Gasteiger partial charge in [0.1, 0.15) is 5.78 Å². The van der Waals surface area contributed by atoms with Crippen LogP contribution in [0.4, 0.5) is 0 Å². The zero-order valence-electron chi connectivity index (χ0n) is 11.4. The van der Waals surface area contributed by atoms with E-state index in [0.29, 0.717) is 6.42 Å². The van der Waals surface area contributed by atoms with E-state index in [1.165, 1.54) is 0 Å². The van der Waals surface area contributed by atoms with Crippen molar-refractivity contribution in [3.8, 4) is 0 Å². The van der Waals surface area contributed by atoms with Crippen LogP contribution < -0.4 is 5.73 Å². The molecule has 104 valence electrons. The maximum Gasteiger partial charge on any atom is 0.141 e. The SMILES string of the molecule is CC(C(=O)Cc1ccc(Br)cc1)C(N)c1ccccc1. The molecule has 2 atom stereocenters. The third-order valence-electron chi connectivity index (χ3n) is 3.52. The van der Waals surface area contributed by atoms with Crippen LogP contribution in [0.25, 0.3) is 0 Å². The summed E-state index contributed by atoms with van der Waals surface area (Å²) in [5.74, 6) is -0.0234. The van der Waals surface area contributed by atoms with Crippen molar-refractivity contribution < 1.29 is 4.79 Å². The number of nitrogens with two attached hydrogens (primary N) is 1. The second-order valence-electron chi connectivity index (χ2n) is 4.99. The lowest BCUT2D eigenvalue weighted by atomic mass is 9.89. The number of halogens is 1. The standard InChI is InChI=1S/C17H18BrNO/c1-12(17(19)14-5-3-2-4-6-14)16(20)11-13-7-9-15(18)10-8-13/h2-10,12,17H,11,19H2,1H3. The fraction of sp³-hybridized carbons (Fsp3) is 0.235. The van der Waals surface area contributed by atoms with Gasteiger partial charge in [-0.15, -0.1) is 0 Å². The van der Waals surface area contributed by atoms with Gasteiger partial charge >= 0.3 is 0 Å². The summed E-state index contributed by atoms with van der Waals surface area (Å²) >= 11 is 3.39. The molecule has 2 aromatic rings. The highest BCUT2D eigenvalue weighted by Crippen LogP contribution is 2.21. The molecule has 2 rings (SSSR count). The van der Waals surface area contributed by atoms with Crippen molar-refractivity contribution in [2.45, 2.75) is 19.4 Å². The second-order valence-corrected chi connectivity index (χ2v) is 5.91. The van der Waals surface area contributed by atoms with Crippen LogP contribution in [0.3, 0.4) is 0 Å². The number of rotatable bonds is 5. The first-order valence-corrected chi connectivity index (χ1v) is 7.45. The summed E-state index contributed by atoms with van der Waals surface area (Å²) in [6.07, 6.45) is 0.426. The summed E-state index contributed by atoms with van der Waals surface area (Å²) in [6.45, 7) is 1.90. The van der Waals surface area contributed by atoms with E-state index in [2.05, 4.69) is 15.9 Å². The Balaban J connectivity index is 2.03. The van der Waals surface area contributed by atoms with E-state index < -0.39 is 0 Å². The number of benzene rings is 2. The van der Waals surface area contributed by atoms with Crippen LogP contribution in [-0.2, 0) is 11.2 Å². The lowest BCUT2D eigenvalue weighted by molar-refractivity contribution is -0.122. The molecule has 0 aliphatic carbocycles. The Labute approximate surface area is 128 Å². The molecule has 2 nitrogen and oxygen atoms in total. The molecule has 0 saturated carbocycles. The van der Waals surface area contributed by atoms with Crippen molar-refractivity contribution in [1.82, 2.24) is 0 Å². The maximum atomic E-state index is 12.3. The Kier molecular flexibility index (Phi) is 5.10. The molecule has 0 amide bonds. The molecule has 2 N–H and O–H groups in total. The number of carbonyl (C=O) groups is 1. The van der Waals surface area contributed by atoms with E-state index >= 15 is 0 Å². The average molecular weight is 332 g/mol. The highest BCUT2D eigenvalue weighted by Gasteiger charge is 2.21. The minimum absolute atomic E-state index is 0.170. The molecule has 2 aromatic carbocycles. The van der Waals surface area contributed by atoms with Gasteiger partial charge in [-0.3, -0.25) is 4.79 Å². The van der Waals surface area contributed by atoms with Gasteiger partial charge in [0, 0.05) is 22.9 Å². The van der Waals surface area contributed by atoms with Crippen molar-refractivity contribution in [1.29, 1.82) is 0 Å². The molecule has 0 heterocycles. The zero-order valence-corrected chi connectivity index (χ0v) is 13.0. The smallest absolute Gasteiger partial charge is 0.141 e. The lowest BCUT2D eigenvalue weighted by Gasteiger charge is -2.19. The number of hydrogen-bond donors (Lipinski definition) is 1. The Hall–Kier alpha value is -1.45. The fourth-order valence-electron chi connectivity index (χ4n) is 2.13. The zero-order chi connectivity index (χ0) is 14.5. The van der Waals surface area contributed by atoms with Crippen LogP contribution >= 0.6 is 15.9 Å². The normalized spacial score (nSPS) is 13.8. The van der Waals surface area contributed by atoms with Gasteiger partial charge < -0.3 is 5.73 Å². The van der Waals surface area contributed by atoms with Gasteiger partial charge in [-0.1, -0.05) is 65.3 Å². The molecule has 0 bridgehead atoms. The Morgan fingerprint density at radius 2 is 1.70 bits per heavy atom. The van der Waals surface area contributed by atoms with Crippen molar-refractivity contribution in [2.24, 2.45) is 11.7 Å². The van der Waals surface area contributed by atoms with Gasteiger partial charge in [0.05, 0.1) is 0 Å². The van der Waals surface area contributed by atoms with Crippen LogP contribution in [0.1, 0.15) is 24.1 Å². The summed E-state index contributed by atoms with van der Waals surface area (Å²) in [5, 5.41) is 0. The number of hydrogen-bond acceptors (Lipinski definition) is 2. The van der Waals surface area contributed by atoms with Crippen molar-refractivity contribution in [3.63, 3.8) is 0 Å². The van der Waals surface area contributed by atoms with E-state index in [0.717, 1.165) is 15.6 Å². The van der Waals surface area contributed by atoms with Gasteiger partial charge in [0.25, 0.3) is 0 Å². The highest BCUT2D eigenvalue weighted by atomic mass is 79.9. The van der Waals surface area contributed by atoms with Gasteiger partial charge in [-0.2, -0.15) is 0 Å². The van der Waals surface area contributed by atoms with Crippen LogP contribution in [0, 0.1) is 5.92 Å². The average Bonchev–Trinajstić information content (AvgIpc) is 2.49. The molecule has 0 aliphatic heterocycles. The summed E-state index contributed by atoms with van der Waals surface area (Å²) < 4.78 is 1.02. The minimum atomic E-state index is -0.251. The molecule has 3 heteroatoms. The van der Waals surface area contributed by atoms with Gasteiger partial charge in [-0.25, -0.2) is 0 Å². The summed E-state index contributed by atoms with van der Waals surface area (Å²) in [4.78, 5) is 12.3. The summed E-state index contributed by atoms with van der Waals surface area (Å²) in [5.41, 5.74) is 8.21. The largest absolute Gasteiger partial charge is 0.323 e. The molecular formula is C17H18BrNO. The molecule has 0 radical (unpaired) electrons. The van der Waals surface area contributed by atoms with Gasteiger partial charge in [0.2, 0.25) is 0 Å². The lowest BCUT2D eigenvalue weighted by Crippen LogP contribution is -2.27. The molecule has 0 aromatic heterocycles. The molecule has 0 fully saturated rings. The molecule has 0 aliphatic rings. The van der Waals surface area contributed by atoms with Gasteiger partial charge in [-0.05, 0) is 23.3 Å². The Morgan fingerprint density at radius 3 is 2.30 bits per heavy atom. The monoisotopic (exact) mass is 331 g/mol. The maximum absolute atomic E-state index is 12.3. The van der Waals surface area contributed by atoms with E-state index in [1.807, 2.05) is 61.5 Å². The first-order valence-electron chi connectivity index (χ1n) is 6.65. The molecular weight excluding hydrogens is 314 g/mol. The van der Waals surface area contributed by atoms with Crippen LogP contribution in [-0.4, -0.2) is 5.78 Å². The van der Waals surface area contributed by atoms with E-state index in [4.69, 9.17) is 5.73 Å². The van der Waals surface area contributed by atoms with E-state index in [-0.39, 0.29) is 17.7 Å². The van der Waals surface area contributed by atoms with Gasteiger partial charge in [0.15, 0.2) is 0 Å². The van der Waals surface area contributed by atoms with Crippen molar-refractivity contribution in [2.75, 3.05) is 0 Å². The predicted octanol–water partition coefficient (Wildman–Crippen LogP) is 3.90. The summed E-state index contributed by atoms with van der Waals surface area (Å²) in [6, 6.07) is 17.3. The second kappa shape index (κ2) is 6.82. The predicted molar refractivity (Wildman–Crippen MR) is 85.4 cm³/mol. The molecule has 2 unspecified atom stereocenters. The fourth-order valence-corrected chi connectivity index (χ4v) is 2.39. The Morgan fingerprint density at radius 1 is 1.10 bits per heavy atom.